The Balaban J connectivity index is 0.000000354. The summed E-state index contributed by atoms with van der Waals surface area (Å²) < 4.78 is 2.17. The van der Waals surface area contributed by atoms with Gasteiger partial charge in [-0.2, -0.15) is 0 Å². The van der Waals surface area contributed by atoms with Crippen molar-refractivity contribution < 1.29 is 0 Å². The molecule has 14 heavy (non-hydrogen) atoms. The van der Waals surface area contributed by atoms with Gasteiger partial charge in [-0.1, -0.05) is 38.1 Å². The molecule has 1 aromatic carbocycles. The first-order valence-corrected chi connectivity index (χ1v) is 5.03. The number of fused-ring (bicyclic) bond motifs is 3. The Bertz CT molecular complexity index is 429. The van der Waals surface area contributed by atoms with E-state index in [2.05, 4.69) is 33.8 Å². The Hall–Kier alpha value is -1.57. The summed E-state index contributed by atoms with van der Waals surface area (Å²) in [5.74, 6) is 0. The molecular weight excluding hydrogens is 172 g/mol. The predicted octanol–water partition coefficient (Wildman–Crippen LogP) is 2.94. The highest BCUT2D eigenvalue weighted by atomic mass is 15.1. The summed E-state index contributed by atoms with van der Waals surface area (Å²) in [6, 6.07) is 8.47. The summed E-state index contributed by atoms with van der Waals surface area (Å²) in [6.07, 6.45) is 3.81. The maximum absolute atomic E-state index is 4.11. The topological polar surface area (TPSA) is 17.8 Å². The fourth-order valence-corrected chi connectivity index (χ4v) is 1.76. The molecule has 0 unspecified atom stereocenters. The first kappa shape index (κ1) is 9.00. The van der Waals surface area contributed by atoms with Gasteiger partial charge < -0.3 is 4.57 Å². The lowest BCUT2D eigenvalue weighted by atomic mass is 10.1. The smallest absolute Gasteiger partial charge is 0.0954 e. The number of rotatable bonds is 0. The van der Waals surface area contributed by atoms with Gasteiger partial charge in [-0.3, -0.25) is 0 Å². The standard InChI is InChI=1S/C10H8N2.C2H6/c1-2-4-9-8(3-1)6-12-7-11-5-10(9)12;1-2/h1-5,7H,6H2;1-2H3. The average molecular weight is 186 g/mol. The van der Waals surface area contributed by atoms with E-state index in [4.69, 9.17) is 0 Å². The average Bonchev–Trinajstić information content (AvgIpc) is 2.80. The zero-order valence-corrected chi connectivity index (χ0v) is 8.57. The first-order valence-electron chi connectivity index (χ1n) is 5.03. The molecule has 0 aliphatic carbocycles. The van der Waals surface area contributed by atoms with Crippen LogP contribution in [-0.4, -0.2) is 9.55 Å². The SMILES string of the molecule is CC.c1ccc2c(c1)Cn1cncc1-2. The van der Waals surface area contributed by atoms with E-state index >= 15 is 0 Å². The van der Waals surface area contributed by atoms with Gasteiger partial charge in [0.05, 0.1) is 18.2 Å². The minimum Gasteiger partial charge on any atom is -0.326 e. The maximum atomic E-state index is 4.11. The molecule has 0 bridgehead atoms. The van der Waals surface area contributed by atoms with Gasteiger partial charge in [0, 0.05) is 12.1 Å². The second-order valence-corrected chi connectivity index (χ2v) is 3.06. The third kappa shape index (κ3) is 1.23. The van der Waals surface area contributed by atoms with Crippen molar-refractivity contribution in [2.24, 2.45) is 0 Å². The Morgan fingerprint density at radius 3 is 2.86 bits per heavy atom. The van der Waals surface area contributed by atoms with Crippen LogP contribution in [-0.2, 0) is 6.54 Å². The Morgan fingerprint density at radius 2 is 2.00 bits per heavy atom. The largest absolute Gasteiger partial charge is 0.326 e. The lowest BCUT2D eigenvalue weighted by molar-refractivity contribution is 0.840. The molecule has 1 aromatic heterocycles. The summed E-state index contributed by atoms with van der Waals surface area (Å²) in [4.78, 5) is 4.11. The summed E-state index contributed by atoms with van der Waals surface area (Å²) in [5, 5.41) is 0. The third-order valence-electron chi connectivity index (χ3n) is 2.35. The van der Waals surface area contributed by atoms with Crippen LogP contribution in [0.3, 0.4) is 0 Å². The molecule has 0 atom stereocenters. The van der Waals surface area contributed by atoms with Gasteiger partial charge in [0.15, 0.2) is 0 Å². The molecule has 0 saturated heterocycles. The van der Waals surface area contributed by atoms with Gasteiger partial charge in [-0.15, -0.1) is 0 Å². The molecular formula is C12H14N2. The molecule has 3 rings (SSSR count). The van der Waals surface area contributed by atoms with Crippen molar-refractivity contribution in [1.82, 2.24) is 9.55 Å². The van der Waals surface area contributed by atoms with Crippen molar-refractivity contribution in [3.05, 3.63) is 42.4 Å². The van der Waals surface area contributed by atoms with E-state index in [1.807, 2.05) is 26.4 Å². The Morgan fingerprint density at radius 1 is 1.21 bits per heavy atom. The molecule has 1 aliphatic rings. The number of nitrogens with zero attached hydrogens (tertiary/aromatic N) is 2. The first-order chi connectivity index (χ1) is 6.95. The van der Waals surface area contributed by atoms with Crippen LogP contribution in [0.1, 0.15) is 19.4 Å². The fourth-order valence-electron chi connectivity index (χ4n) is 1.76. The zero-order chi connectivity index (χ0) is 9.97. The van der Waals surface area contributed by atoms with Crippen molar-refractivity contribution in [3.63, 3.8) is 0 Å². The number of aromatic nitrogens is 2. The third-order valence-corrected chi connectivity index (χ3v) is 2.35. The van der Waals surface area contributed by atoms with Gasteiger partial charge in [-0.25, -0.2) is 4.98 Å². The van der Waals surface area contributed by atoms with Crippen LogP contribution < -0.4 is 0 Å². The van der Waals surface area contributed by atoms with E-state index in [1.54, 1.807) is 0 Å². The molecule has 1 aliphatic heterocycles. The minimum absolute atomic E-state index is 0.978. The molecule has 0 spiro atoms. The van der Waals surface area contributed by atoms with Gasteiger partial charge >= 0.3 is 0 Å². The van der Waals surface area contributed by atoms with Crippen LogP contribution in [0.2, 0.25) is 0 Å². The van der Waals surface area contributed by atoms with Crippen molar-refractivity contribution in [2.45, 2.75) is 20.4 Å². The molecule has 0 amide bonds. The van der Waals surface area contributed by atoms with Crippen molar-refractivity contribution >= 4 is 0 Å². The maximum Gasteiger partial charge on any atom is 0.0954 e. The minimum atomic E-state index is 0.978. The highest BCUT2D eigenvalue weighted by molar-refractivity contribution is 5.67. The van der Waals surface area contributed by atoms with Crippen LogP contribution in [0.15, 0.2) is 36.8 Å². The molecule has 0 fully saturated rings. The van der Waals surface area contributed by atoms with E-state index in [0.717, 1.165) is 6.54 Å². The van der Waals surface area contributed by atoms with Crippen LogP contribution in [0.25, 0.3) is 11.3 Å². The quantitative estimate of drug-likeness (QED) is 0.528. The number of hydrogen-bond donors (Lipinski definition) is 0. The second kappa shape index (κ2) is 3.66. The summed E-state index contributed by atoms with van der Waals surface area (Å²) >= 11 is 0. The molecule has 2 nitrogen and oxygen atoms in total. The molecule has 0 radical (unpaired) electrons. The lowest BCUT2D eigenvalue weighted by Crippen LogP contribution is -1.88. The second-order valence-electron chi connectivity index (χ2n) is 3.06. The Kier molecular flexibility index (Phi) is 2.35. The molecule has 2 aromatic rings. The summed E-state index contributed by atoms with van der Waals surface area (Å²) in [7, 11) is 0. The van der Waals surface area contributed by atoms with Crippen molar-refractivity contribution in [1.29, 1.82) is 0 Å². The summed E-state index contributed by atoms with van der Waals surface area (Å²) in [6.45, 7) is 4.98. The molecule has 2 heteroatoms. The van der Waals surface area contributed by atoms with Gasteiger partial charge in [0.1, 0.15) is 0 Å². The molecule has 0 N–H and O–H groups in total. The van der Waals surface area contributed by atoms with E-state index in [1.165, 1.54) is 16.8 Å². The molecule has 2 heterocycles. The van der Waals surface area contributed by atoms with Gasteiger partial charge in [0.25, 0.3) is 0 Å². The van der Waals surface area contributed by atoms with Crippen molar-refractivity contribution in [3.8, 4) is 11.3 Å². The highest BCUT2D eigenvalue weighted by Gasteiger charge is 2.16. The number of hydrogen-bond acceptors (Lipinski definition) is 1. The van der Waals surface area contributed by atoms with Crippen LogP contribution in [0.5, 0.6) is 0 Å². The summed E-state index contributed by atoms with van der Waals surface area (Å²) in [5.41, 5.74) is 3.97. The Labute approximate surface area is 84.2 Å². The van der Waals surface area contributed by atoms with E-state index in [9.17, 15) is 0 Å². The lowest BCUT2D eigenvalue weighted by Gasteiger charge is -1.93. The van der Waals surface area contributed by atoms with Gasteiger partial charge in [-0.05, 0) is 5.56 Å². The van der Waals surface area contributed by atoms with Crippen LogP contribution in [0, 0.1) is 0 Å². The van der Waals surface area contributed by atoms with E-state index in [-0.39, 0.29) is 0 Å². The van der Waals surface area contributed by atoms with Gasteiger partial charge in [0.2, 0.25) is 0 Å². The number of benzene rings is 1. The van der Waals surface area contributed by atoms with Crippen molar-refractivity contribution in [2.75, 3.05) is 0 Å². The van der Waals surface area contributed by atoms with E-state index in [0.29, 0.717) is 0 Å². The normalized spacial score (nSPS) is 11.3. The monoisotopic (exact) mass is 186 g/mol. The van der Waals surface area contributed by atoms with Crippen LogP contribution in [0.4, 0.5) is 0 Å². The predicted molar refractivity (Wildman–Crippen MR) is 58.1 cm³/mol. The van der Waals surface area contributed by atoms with E-state index < -0.39 is 0 Å². The zero-order valence-electron chi connectivity index (χ0n) is 8.57. The number of imidazole rings is 1. The fraction of sp³-hybridized carbons (Fsp3) is 0.250. The van der Waals surface area contributed by atoms with Crippen LogP contribution >= 0.6 is 0 Å². The molecule has 72 valence electrons. The highest BCUT2D eigenvalue weighted by Crippen LogP contribution is 2.30. The molecule has 0 saturated carbocycles.